The maximum Gasteiger partial charge on any atom is 0.528 e. The Kier molecular flexibility index (Phi) is 5.02. The average Bonchev–Trinajstić information content (AvgIpc) is 2.28. The van der Waals surface area contributed by atoms with Gasteiger partial charge in [-0.2, -0.15) is 26.2 Å². The molecule has 1 heterocycles. The fourth-order valence-corrected chi connectivity index (χ4v) is 2.67. The fourth-order valence-electron chi connectivity index (χ4n) is 1.95. The molecule has 0 aromatic rings. The summed E-state index contributed by atoms with van der Waals surface area (Å²) in [5, 5.41) is 3.21. The van der Waals surface area contributed by atoms with E-state index in [-0.39, 0.29) is 26.2 Å². The van der Waals surface area contributed by atoms with Crippen LogP contribution in [0.3, 0.4) is 0 Å². The Balaban J connectivity index is 2.88. The fraction of sp³-hybridized carbons (Fsp3) is 1.00. The van der Waals surface area contributed by atoms with Crippen LogP contribution in [0, 0.1) is 0 Å². The first-order valence-corrected chi connectivity index (χ1v) is 7.03. The Morgan fingerprint density at radius 1 is 1.26 bits per heavy atom. The first-order chi connectivity index (χ1) is 8.72. The van der Waals surface area contributed by atoms with Crippen LogP contribution in [0.25, 0.3) is 10.4 Å². The number of hydrogen-bond acceptors (Lipinski definition) is 4. The van der Waals surface area contributed by atoms with Crippen LogP contribution >= 0.6 is 0 Å². The van der Waals surface area contributed by atoms with Crippen molar-refractivity contribution < 1.29 is 30.5 Å². The van der Waals surface area contributed by atoms with Crippen LogP contribution in [-0.2, 0) is 14.4 Å². The molecule has 1 saturated heterocycles. The summed E-state index contributed by atoms with van der Waals surface area (Å²) in [6, 6.07) is 0. The molecular weight excluding hydrogens is 289 g/mol. The second-order valence-electron chi connectivity index (χ2n) is 4.22. The summed E-state index contributed by atoms with van der Waals surface area (Å²) < 4.78 is 62.9. The summed E-state index contributed by atoms with van der Waals surface area (Å²) in [5.74, 6) is 0. The van der Waals surface area contributed by atoms with Crippen LogP contribution in [-0.4, -0.2) is 44.8 Å². The van der Waals surface area contributed by atoms with Gasteiger partial charge in [-0.3, -0.25) is 0 Å². The molecule has 0 bridgehead atoms. The standard InChI is InChI=1S/C8H14F3N4O3S/c9-8(10,11)19(16,17)18-15(7-4-13-14-12)5-2-1-3-6-15/h1-7H2/q+1. The molecule has 1 rings (SSSR count). The van der Waals surface area contributed by atoms with Gasteiger partial charge in [0, 0.05) is 4.91 Å². The quantitative estimate of drug-likeness (QED) is 0.256. The molecule has 0 radical (unpaired) electrons. The SMILES string of the molecule is [N-]=[N+]=NCC[N+]1(OS(=O)(=O)C(F)(F)F)CCCCC1. The van der Waals surface area contributed by atoms with Crippen molar-refractivity contribution >= 4 is 10.1 Å². The number of quaternary nitrogens is 1. The van der Waals surface area contributed by atoms with Gasteiger partial charge < -0.3 is 0 Å². The Hall–Kier alpha value is -1.03. The third-order valence-corrected chi connectivity index (χ3v) is 3.92. The number of azide groups is 1. The summed E-state index contributed by atoms with van der Waals surface area (Å²) in [6.07, 6.45) is 1.92. The van der Waals surface area contributed by atoms with E-state index in [1.807, 2.05) is 0 Å². The molecule has 0 aromatic heterocycles. The average molecular weight is 303 g/mol. The molecule has 0 N–H and O–H groups in total. The molecule has 110 valence electrons. The van der Waals surface area contributed by atoms with Gasteiger partial charge in [-0.1, -0.05) is 9.40 Å². The molecule has 0 atom stereocenters. The molecule has 11 heteroatoms. The zero-order valence-electron chi connectivity index (χ0n) is 10.0. The Labute approximate surface area is 108 Å². The number of halogens is 3. The van der Waals surface area contributed by atoms with Crippen molar-refractivity contribution in [2.75, 3.05) is 26.2 Å². The maximum absolute atomic E-state index is 12.3. The largest absolute Gasteiger partial charge is 0.528 e. The molecular formula is C8H14F3N4O3S+. The minimum absolute atomic E-state index is 0.0978. The molecule has 0 aliphatic carbocycles. The Morgan fingerprint density at radius 3 is 2.32 bits per heavy atom. The topological polar surface area (TPSA) is 92.1 Å². The van der Waals surface area contributed by atoms with Crippen molar-refractivity contribution in [2.45, 2.75) is 24.8 Å². The van der Waals surface area contributed by atoms with E-state index in [0.29, 0.717) is 12.8 Å². The highest BCUT2D eigenvalue weighted by molar-refractivity contribution is 7.87. The van der Waals surface area contributed by atoms with Gasteiger partial charge >= 0.3 is 15.6 Å². The summed E-state index contributed by atoms with van der Waals surface area (Å²) in [4.78, 5) is 2.48. The minimum Gasteiger partial charge on any atom is -0.185 e. The highest BCUT2D eigenvalue weighted by Crippen LogP contribution is 2.30. The predicted octanol–water partition coefficient (Wildman–Crippen LogP) is 2.08. The molecule has 0 saturated carbocycles. The summed E-state index contributed by atoms with van der Waals surface area (Å²) in [7, 11) is -5.66. The minimum atomic E-state index is -5.66. The zero-order valence-corrected chi connectivity index (χ0v) is 10.8. The van der Waals surface area contributed by atoms with Crippen molar-refractivity contribution in [1.82, 2.24) is 0 Å². The smallest absolute Gasteiger partial charge is 0.185 e. The first-order valence-electron chi connectivity index (χ1n) is 5.62. The Bertz CT molecular complexity index is 452. The number of piperidine rings is 1. The lowest BCUT2D eigenvalue weighted by atomic mass is 10.1. The van der Waals surface area contributed by atoms with Crippen LogP contribution in [0.2, 0.25) is 0 Å². The van der Waals surface area contributed by atoms with Gasteiger partial charge in [0.25, 0.3) is 0 Å². The zero-order chi connectivity index (χ0) is 14.6. The van der Waals surface area contributed by atoms with E-state index in [2.05, 4.69) is 14.3 Å². The van der Waals surface area contributed by atoms with Crippen molar-refractivity contribution in [1.29, 1.82) is 0 Å². The normalized spacial score (nSPS) is 19.7. The third kappa shape index (κ3) is 4.23. The highest BCUT2D eigenvalue weighted by atomic mass is 32.2. The lowest BCUT2D eigenvalue weighted by Crippen LogP contribution is -2.55. The van der Waals surface area contributed by atoms with Gasteiger partial charge in [0.15, 0.2) is 0 Å². The number of likely N-dealkylation sites (tertiary alicyclic amines) is 1. The second kappa shape index (κ2) is 5.95. The number of hydroxylamine groups is 3. The van der Waals surface area contributed by atoms with Crippen LogP contribution in [0.4, 0.5) is 13.2 Å². The summed E-state index contributed by atoms with van der Waals surface area (Å²) in [5.41, 5.74) is 2.70. The molecule has 0 spiro atoms. The van der Waals surface area contributed by atoms with Crippen molar-refractivity contribution in [3.63, 3.8) is 0 Å². The number of hydrogen-bond donors (Lipinski definition) is 0. The molecule has 19 heavy (non-hydrogen) atoms. The lowest BCUT2D eigenvalue weighted by Gasteiger charge is -2.36. The third-order valence-electron chi connectivity index (χ3n) is 2.84. The van der Waals surface area contributed by atoms with E-state index < -0.39 is 20.3 Å². The van der Waals surface area contributed by atoms with Crippen molar-refractivity contribution in [2.24, 2.45) is 5.11 Å². The summed E-state index contributed by atoms with van der Waals surface area (Å²) in [6.45, 7) is 0.0791. The van der Waals surface area contributed by atoms with Gasteiger partial charge in [0.05, 0.1) is 6.54 Å². The molecule has 1 fully saturated rings. The van der Waals surface area contributed by atoms with Crippen molar-refractivity contribution in [3.05, 3.63) is 10.4 Å². The van der Waals surface area contributed by atoms with E-state index in [1.165, 1.54) is 0 Å². The lowest BCUT2D eigenvalue weighted by molar-refractivity contribution is -1.08. The van der Waals surface area contributed by atoms with Crippen molar-refractivity contribution in [3.8, 4) is 0 Å². The van der Waals surface area contributed by atoms with Gasteiger partial charge in [0.2, 0.25) is 0 Å². The van der Waals surface area contributed by atoms with Crippen LogP contribution in [0.1, 0.15) is 19.3 Å². The van der Waals surface area contributed by atoms with Gasteiger partial charge in [-0.25, -0.2) is 0 Å². The molecule has 0 aromatic carbocycles. The highest BCUT2D eigenvalue weighted by Gasteiger charge is 2.53. The van der Waals surface area contributed by atoms with E-state index in [4.69, 9.17) is 5.53 Å². The molecule has 7 nitrogen and oxygen atoms in total. The summed E-state index contributed by atoms with van der Waals surface area (Å²) >= 11 is 0. The first kappa shape index (κ1) is 16.0. The van der Waals surface area contributed by atoms with E-state index in [9.17, 15) is 21.6 Å². The van der Waals surface area contributed by atoms with E-state index in [1.54, 1.807) is 0 Å². The Morgan fingerprint density at radius 2 is 1.84 bits per heavy atom. The maximum atomic E-state index is 12.3. The molecule has 0 unspecified atom stereocenters. The molecule has 0 amide bonds. The molecule has 1 aliphatic rings. The van der Waals surface area contributed by atoms with Gasteiger partial charge in [-0.05, 0) is 24.8 Å². The molecule has 1 aliphatic heterocycles. The van der Waals surface area contributed by atoms with Crippen LogP contribution < -0.4 is 0 Å². The van der Waals surface area contributed by atoms with E-state index in [0.717, 1.165) is 6.42 Å². The van der Waals surface area contributed by atoms with Gasteiger partial charge in [0.1, 0.15) is 19.6 Å². The monoisotopic (exact) mass is 303 g/mol. The second-order valence-corrected chi connectivity index (χ2v) is 5.74. The number of alkyl halides is 3. The van der Waals surface area contributed by atoms with Crippen LogP contribution in [0.5, 0.6) is 0 Å². The number of rotatable bonds is 5. The predicted molar refractivity (Wildman–Crippen MR) is 58.8 cm³/mol. The number of nitrogens with zero attached hydrogens (tertiary/aromatic N) is 4. The van der Waals surface area contributed by atoms with E-state index >= 15 is 0 Å². The van der Waals surface area contributed by atoms with Gasteiger partial charge in [-0.15, -0.1) is 0 Å². The van der Waals surface area contributed by atoms with Crippen LogP contribution in [0.15, 0.2) is 5.11 Å².